The monoisotopic (exact) mass is 182 g/mol. The first-order chi connectivity index (χ1) is 3.00. The van der Waals surface area contributed by atoms with Crippen LogP contribution < -0.4 is 0 Å². The number of hydrogen-bond acceptors (Lipinski definition) is 0. The molecule has 0 rings (SSSR count). The number of hydrogen-bond donors (Lipinski definition) is 0. The van der Waals surface area contributed by atoms with E-state index in [4.69, 9.17) is 0 Å². The Kier molecular flexibility index (Phi) is 7.36. The Morgan fingerprint density at radius 2 is 1.00 bits per heavy atom. The summed E-state index contributed by atoms with van der Waals surface area (Å²) in [7, 11) is 0. The van der Waals surface area contributed by atoms with Gasteiger partial charge in [-0.25, -0.2) is 0 Å². The van der Waals surface area contributed by atoms with Gasteiger partial charge in [-0.2, -0.15) is 0 Å². The van der Waals surface area contributed by atoms with Crippen LogP contribution in [0.25, 0.3) is 0 Å². The summed E-state index contributed by atoms with van der Waals surface area (Å²) in [5, 5.41) is 0. The van der Waals surface area contributed by atoms with E-state index < -0.39 is 6.69 Å². The van der Waals surface area contributed by atoms with E-state index in [1.54, 1.807) is 0 Å². The van der Waals surface area contributed by atoms with Crippen molar-refractivity contribution in [3.8, 4) is 0 Å². The largest absolute Gasteiger partial charge is 0.127 e. The molecule has 0 amide bonds. The molecule has 0 aliphatic carbocycles. The van der Waals surface area contributed by atoms with Crippen molar-refractivity contribution in [2.75, 3.05) is 0 Å². The SMILES string of the molecule is CC.C[Si](C)(C)Br. The second kappa shape index (κ2) is 4.85. The van der Waals surface area contributed by atoms with E-state index in [1.807, 2.05) is 13.8 Å². The second-order valence-corrected chi connectivity index (χ2v) is 13.3. The van der Waals surface area contributed by atoms with Crippen molar-refractivity contribution in [3.05, 3.63) is 0 Å². The maximum absolute atomic E-state index is 3.51. The molecule has 0 nitrogen and oxygen atoms in total. The lowest BCUT2D eigenvalue weighted by Crippen LogP contribution is -2.05. The van der Waals surface area contributed by atoms with Crippen LogP contribution >= 0.6 is 15.3 Å². The summed E-state index contributed by atoms with van der Waals surface area (Å²) in [6.07, 6.45) is 0. The van der Waals surface area contributed by atoms with Gasteiger partial charge in [-0.05, 0) is 0 Å². The third-order valence-corrected chi connectivity index (χ3v) is 0. The summed E-state index contributed by atoms with van der Waals surface area (Å²) in [5.74, 6) is 0. The van der Waals surface area contributed by atoms with Crippen LogP contribution in [-0.2, 0) is 0 Å². The Hall–Kier alpha value is 0.697. The van der Waals surface area contributed by atoms with Gasteiger partial charge in [-0.15, -0.1) is 15.3 Å². The number of rotatable bonds is 0. The average molecular weight is 183 g/mol. The highest BCUT2D eigenvalue weighted by molar-refractivity contribution is 9.26. The Bertz CT molecular complexity index is 23.6. The summed E-state index contributed by atoms with van der Waals surface area (Å²) < 4.78 is 0. The van der Waals surface area contributed by atoms with Crippen LogP contribution in [0.3, 0.4) is 0 Å². The predicted octanol–water partition coefficient (Wildman–Crippen LogP) is 3.24. The van der Waals surface area contributed by atoms with Crippen LogP contribution in [0.4, 0.5) is 0 Å². The van der Waals surface area contributed by atoms with E-state index in [0.717, 1.165) is 0 Å². The van der Waals surface area contributed by atoms with Crippen LogP contribution in [-0.4, -0.2) is 6.69 Å². The van der Waals surface area contributed by atoms with Gasteiger partial charge in [0.15, 0.2) is 0 Å². The minimum atomic E-state index is -0.799. The third-order valence-electron chi connectivity index (χ3n) is 0. The fraction of sp³-hybridized carbons (Fsp3) is 1.00. The van der Waals surface area contributed by atoms with E-state index >= 15 is 0 Å². The van der Waals surface area contributed by atoms with E-state index in [0.29, 0.717) is 0 Å². The van der Waals surface area contributed by atoms with Gasteiger partial charge in [-0.1, -0.05) is 33.5 Å². The molecule has 0 aliphatic heterocycles. The summed E-state index contributed by atoms with van der Waals surface area (Å²) >= 11 is 3.51. The topological polar surface area (TPSA) is 0 Å². The molecule has 0 aromatic rings. The fourth-order valence-corrected chi connectivity index (χ4v) is 0. The van der Waals surface area contributed by atoms with Crippen LogP contribution in [0.5, 0.6) is 0 Å². The molecule has 0 heterocycles. The van der Waals surface area contributed by atoms with E-state index in [1.165, 1.54) is 0 Å². The van der Waals surface area contributed by atoms with Gasteiger partial charge in [-0.3, -0.25) is 0 Å². The molecule has 0 fully saturated rings. The van der Waals surface area contributed by atoms with Gasteiger partial charge in [0.1, 0.15) is 6.69 Å². The van der Waals surface area contributed by atoms with E-state index in [9.17, 15) is 0 Å². The average Bonchev–Trinajstić information content (AvgIpc) is 1.36. The zero-order valence-corrected chi connectivity index (χ0v) is 8.46. The van der Waals surface area contributed by atoms with Crippen molar-refractivity contribution in [1.29, 1.82) is 0 Å². The summed E-state index contributed by atoms with van der Waals surface area (Å²) in [6, 6.07) is 0. The maximum atomic E-state index is 3.51. The van der Waals surface area contributed by atoms with Crippen LogP contribution in [0.1, 0.15) is 13.8 Å². The standard InChI is InChI=1S/C3H9BrSi.C2H6/c1-5(2,3)4;1-2/h1-3H3;1-2H3. The lowest BCUT2D eigenvalue weighted by Gasteiger charge is -1.98. The van der Waals surface area contributed by atoms with Crippen molar-refractivity contribution in [1.82, 2.24) is 0 Å². The van der Waals surface area contributed by atoms with Gasteiger partial charge >= 0.3 is 0 Å². The van der Waals surface area contributed by atoms with Crippen molar-refractivity contribution < 1.29 is 0 Å². The molecule has 0 spiro atoms. The van der Waals surface area contributed by atoms with Gasteiger partial charge in [0.2, 0.25) is 0 Å². The molecular formula is C5H15BrSi. The highest BCUT2D eigenvalue weighted by Gasteiger charge is 2.03. The highest BCUT2D eigenvalue weighted by atomic mass is 79.9. The van der Waals surface area contributed by atoms with Gasteiger partial charge < -0.3 is 0 Å². The zero-order chi connectivity index (χ0) is 6.50. The Labute approximate surface area is 55.9 Å². The normalized spacial score (nSPS) is 9.43. The molecule has 0 radical (unpaired) electrons. The second-order valence-electron chi connectivity index (χ2n) is 2.07. The first-order valence-corrected chi connectivity index (χ1v) is 8.45. The molecule has 0 aliphatic rings. The smallest absolute Gasteiger partial charge is 0.121 e. The molecule has 0 N–H and O–H groups in total. The lowest BCUT2D eigenvalue weighted by molar-refractivity contribution is 1.50. The third kappa shape index (κ3) is 304. The number of halogens is 1. The Balaban J connectivity index is 0. The van der Waals surface area contributed by atoms with Crippen molar-refractivity contribution in [3.63, 3.8) is 0 Å². The van der Waals surface area contributed by atoms with Crippen LogP contribution in [0.15, 0.2) is 0 Å². The minimum Gasteiger partial charge on any atom is -0.127 e. The molecule has 46 valence electrons. The minimum absolute atomic E-state index is 0.799. The summed E-state index contributed by atoms with van der Waals surface area (Å²) in [6.45, 7) is 9.93. The molecular weight excluding hydrogens is 168 g/mol. The molecule has 0 unspecified atom stereocenters. The first-order valence-electron chi connectivity index (χ1n) is 2.69. The van der Waals surface area contributed by atoms with Gasteiger partial charge in [0, 0.05) is 0 Å². The Morgan fingerprint density at radius 3 is 1.00 bits per heavy atom. The molecule has 7 heavy (non-hydrogen) atoms. The molecule has 0 aromatic carbocycles. The molecule has 0 bridgehead atoms. The quantitative estimate of drug-likeness (QED) is 0.399. The fourth-order valence-electron chi connectivity index (χ4n) is 0. The van der Waals surface area contributed by atoms with Crippen LogP contribution in [0, 0.1) is 0 Å². The molecule has 0 atom stereocenters. The maximum Gasteiger partial charge on any atom is 0.121 e. The van der Waals surface area contributed by atoms with Crippen molar-refractivity contribution in [2.45, 2.75) is 33.5 Å². The van der Waals surface area contributed by atoms with Crippen molar-refractivity contribution >= 4 is 22.0 Å². The van der Waals surface area contributed by atoms with Gasteiger partial charge in [0.25, 0.3) is 0 Å². The lowest BCUT2D eigenvalue weighted by atomic mass is 11.0. The molecule has 0 saturated heterocycles. The molecule has 0 saturated carbocycles. The van der Waals surface area contributed by atoms with E-state index in [-0.39, 0.29) is 0 Å². The zero-order valence-electron chi connectivity index (χ0n) is 5.88. The predicted molar refractivity (Wildman–Crippen MR) is 43.6 cm³/mol. The highest BCUT2D eigenvalue weighted by Crippen LogP contribution is 2.07. The van der Waals surface area contributed by atoms with Crippen LogP contribution in [0.2, 0.25) is 19.6 Å². The van der Waals surface area contributed by atoms with Gasteiger partial charge in [0.05, 0.1) is 0 Å². The van der Waals surface area contributed by atoms with Crippen molar-refractivity contribution in [2.24, 2.45) is 0 Å². The summed E-state index contributed by atoms with van der Waals surface area (Å²) in [4.78, 5) is 0. The molecule has 0 aromatic heterocycles. The summed E-state index contributed by atoms with van der Waals surface area (Å²) in [5.41, 5.74) is 0. The Morgan fingerprint density at radius 1 is 1.00 bits per heavy atom. The van der Waals surface area contributed by atoms with E-state index in [2.05, 4.69) is 34.9 Å². The first kappa shape index (κ1) is 10.6. The molecule has 2 heteroatoms.